The number of thiophene rings is 1. The van der Waals surface area contributed by atoms with Gasteiger partial charge in [0, 0.05) is 4.88 Å². The minimum absolute atomic E-state index is 0. The summed E-state index contributed by atoms with van der Waals surface area (Å²) in [5.41, 5.74) is 0. The van der Waals surface area contributed by atoms with E-state index in [4.69, 9.17) is 5.14 Å². The summed E-state index contributed by atoms with van der Waals surface area (Å²) >= 11 is 1.28. The van der Waals surface area contributed by atoms with Crippen molar-refractivity contribution in [3.63, 3.8) is 0 Å². The summed E-state index contributed by atoms with van der Waals surface area (Å²) in [6.07, 6.45) is 4.42. The predicted octanol–water partition coefficient (Wildman–Crippen LogP) is 1.48. The van der Waals surface area contributed by atoms with Gasteiger partial charge in [-0.05, 0) is 25.0 Å². The summed E-state index contributed by atoms with van der Waals surface area (Å²) in [5.74, 6) is 0. The summed E-state index contributed by atoms with van der Waals surface area (Å²) in [4.78, 5) is 1.10. The quantitative estimate of drug-likeness (QED) is 0.652. The monoisotopic (exact) mass is 273 g/mol. The second kappa shape index (κ2) is 7.55. The fourth-order valence-corrected chi connectivity index (χ4v) is 3.02. The topological polar surface area (TPSA) is 60.2 Å². The van der Waals surface area contributed by atoms with Crippen LogP contribution in [0.5, 0.6) is 0 Å². The fourth-order valence-electron chi connectivity index (χ4n) is 1.19. The fraction of sp³-hybridized carbons (Fsp3) is 0.556. The molecule has 0 unspecified atom stereocenters. The molecule has 0 aliphatic heterocycles. The molecule has 6 heteroatoms. The van der Waals surface area contributed by atoms with Crippen LogP contribution < -0.4 is 5.14 Å². The van der Waals surface area contributed by atoms with E-state index in [0.717, 1.165) is 17.7 Å². The molecule has 1 heterocycles. The first-order valence-corrected chi connectivity index (χ1v) is 7.02. The Balaban J connectivity index is 0.00000196. The van der Waals surface area contributed by atoms with Gasteiger partial charge >= 0.3 is 51.4 Å². The van der Waals surface area contributed by atoms with Crippen LogP contribution in [0.3, 0.4) is 0 Å². The van der Waals surface area contributed by atoms with E-state index in [1.165, 1.54) is 24.2 Å². The third kappa shape index (κ3) is 5.93. The normalized spacial score (nSPS) is 11.1. The van der Waals surface area contributed by atoms with Gasteiger partial charge in [-0.25, -0.2) is 13.6 Å². The molecule has 0 aliphatic carbocycles. The van der Waals surface area contributed by atoms with E-state index in [1.54, 1.807) is 6.07 Å². The Kier molecular flexibility index (Phi) is 8.18. The van der Waals surface area contributed by atoms with Crippen molar-refractivity contribution in [2.45, 2.75) is 36.8 Å². The summed E-state index contributed by atoms with van der Waals surface area (Å²) in [5, 5.41) is 5.01. The molecule has 1 aromatic rings. The summed E-state index contributed by atoms with van der Waals surface area (Å²) < 4.78 is 22.2. The van der Waals surface area contributed by atoms with E-state index in [-0.39, 0.29) is 55.6 Å². The molecule has 82 valence electrons. The second-order valence-electron chi connectivity index (χ2n) is 3.22. The SMILES string of the molecule is CCCCCc1ccc(S(N)(=O)=O)s1.[KH]. The van der Waals surface area contributed by atoms with Crippen LogP contribution in [0.2, 0.25) is 0 Å². The number of primary sulfonamides is 1. The number of rotatable bonds is 5. The van der Waals surface area contributed by atoms with Gasteiger partial charge in [0.1, 0.15) is 4.21 Å². The van der Waals surface area contributed by atoms with Crippen LogP contribution in [0.25, 0.3) is 0 Å². The zero-order valence-electron chi connectivity index (χ0n) is 8.19. The second-order valence-corrected chi connectivity index (χ2v) is 6.18. The first-order valence-electron chi connectivity index (χ1n) is 4.65. The Bertz CT molecular complexity index is 387. The first kappa shape index (κ1) is 16.2. The van der Waals surface area contributed by atoms with Crippen molar-refractivity contribution in [1.29, 1.82) is 0 Å². The first-order chi connectivity index (χ1) is 6.54. The zero-order valence-corrected chi connectivity index (χ0v) is 9.83. The average Bonchev–Trinajstić information content (AvgIpc) is 2.52. The van der Waals surface area contributed by atoms with Crippen LogP contribution in [0.4, 0.5) is 0 Å². The van der Waals surface area contributed by atoms with Crippen LogP contribution in [-0.2, 0) is 16.4 Å². The van der Waals surface area contributed by atoms with E-state index in [0.29, 0.717) is 0 Å². The molecule has 0 fully saturated rings. The molecular weight excluding hydrogens is 257 g/mol. The standard InChI is InChI=1S/C9H15NO2S2.K.H/c1-2-3-4-5-8-6-7-9(13-8)14(10,11)12;;/h6-7H,2-5H2,1H3,(H2,10,11,12);;. The molecule has 0 bridgehead atoms. The third-order valence-corrected chi connectivity index (χ3v) is 4.53. The molecular formula is C9H16KNO2S2. The molecule has 0 saturated heterocycles. The molecule has 0 aromatic carbocycles. The molecule has 0 amide bonds. The van der Waals surface area contributed by atoms with Gasteiger partial charge in [-0.3, -0.25) is 0 Å². The molecule has 0 spiro atoms. The van der Waals surface area contributed by atoms with Crippen molar-refractivity contribution < 1.29 is 8.42 Å². The number of sulfonamides is 1. The Labute approximate surface area is 138 Å². The molecule has 0 aliphatic rings. The molecule has 0 atom stereocenters. The minimum atomic E-state index is -3.49. The van der Waals surface area contributed by atoms with Crippen LogP contribution in [0.15, 0.2) is 16.3 Å². The van der Waals surface area contributed by atoms with Crippen LogP contribution in [0, 0.1) is 0 Å². The Morgan fingerprint density at radius 1 is 1.33 bits per heavy atom. The van der Waals surface area contributed by atoms with Crippen molar-refractivity contribution in [2.24, 2.45) is 5.14 Å². The van der Waals surface area contributed by atoms with Crippen molar-refractivity contribution in [1.82, 2.24) is 0 Å². The Hall–Kier alpha value is 1.25. The van der Waals surface area contributed by atoms with Crippen molar-refractivity contribution >= 4 is 72.7 Å². The van der Waals surface area contributed by atoms with Gasteiger partial charge in [0.25, 0.3) is 0 Å². The predicted molar refractivity (Wildman–Crippen MR) is 66.1 cm³/mol. The van der Waals surface area contributed by atoms with Gasteiger partial charge in [-0.1, -0.05) is 19.8 Å². The number of unbranched alkanes of at least 4 members (excludes halogenated alkanes) is 2. The summed E-state index contributed by atoms with van der Waals surface area (Å²) in [6.45, 7) is 2.14. The summed E-state index contributed by atoms with van der Waals surface area (Å²) in [6, 6.07) is 3.43. The van der Waals surface area contributed by atoms with Gasteiger partial charge in [0.15, 0.2) is 0 Å². The molecule has 15 heavy (non-hydrogen) atoms. The van der Waals surface area contributed by atoms with Crippen LogP contribution in [-0.4, -0.2) is 59.8 Å². The van der Waals surface area contributed by atoms with Gasteiger partial charge in [0.2, 0.25) is 10.0 Å². The Morgan fingerprint density at radius 3 is 2.47 bits per heavy atom. The van der Waals surface area contributed by atoms with Crippen LogP contribution in [0.1, 0.15) is 31.1 Å². The molecule has 0 radical (unpaired) electrons. The molecule has 1 rings (SSSR count). The van der Waals surface area contributed by atoms with E-state index in [2.05, 4.69) is 6.92 Å². The van der Waals surface area contributed by atoms with Gasteiger partial charge in [-0.2, -0.15) is 0 Å². The number of aryl methyl sites for hydroxylation is 1. The zero-order chi connectivity index (χ0) is 10.6. The van der Waals surface area contributed by atoms with E-state index in [9.17, 15) is 8.42 Å². The number of hydrogen-bond donors (Lipinski definition) is 1. The average molecular weight is 273 g/mol. The van der Waals surface area contributed by atoms with Crippen molar-refractivity contribution in [3.05, 3.63) is 17.0 Å². The van der Waals surface area contributed by atoms with E-state index < -0.39 is 10.0 Å². The molecule has 3 nitrogen and oxygen atoms in total. The number of hydrogen-bond acceptors (Lipinski definition) is 3. The maximum absolute atomic E-state index is 11.0. The molecule has 0 saturated carbocycles. The van der Waals surface area contributed by atoms with Gasteiger partial charge in [-0.15, -0.1) is 11.3 Å². The molecule has 2 N–H and O–H groups in total. The van der Waals surface area contributed by atoms with Gasteiger partial charge < -0.3 is 0 Å². The summed E-state index contributed by atoms with van der Waals surface area (Å²) in [7, 11) is -3.49. The van der Waals surface area contributed by atoms with E-state index in [1.807, 2.05) is 6.07 Å². The van der Waals surface area contributed by atoms with E-state index >= 15 is 0 Å². The van der Waals surface area contributed by atoms with Crippen molar-refractivity contribution in [3.8, 4) is 0 Å². The molecule has 1 aromatic heterocycles. The number of nitrogens with two attached hydrogens (primary N) is 1. The Morgan fingerprint density at radius 2 is 2.00 bits per heavy atom. The maximum atomic E-state index is 11.0. The van der Waals surface area contributed by atoms with Crippen LogP contribution >= 0.6 is 11.3 Å². The third-order valence-electron chi connectivity index (χ3n) is 1.94. The van der Waals surface area contributed by atoms with Gasteiger partial charge in [0.05, 0.1) is 0 Å². The van der Waals surface area contributed by atoms with Crippen molar-refractivity contribution in [2.75, 3.05) is 0 Å².